The summed E-state index contributed by atoms with van der Waals surface area (Å²) in [6.45, 7) is 21.2. The molecule has 37 heavy (non-hydrogen) atoms. The molecule has 1 aromatic rings. The first kappa shape index (κ1) is 32.8. The van der Waals surface area contributed by atoms with Crippen molar-refractivity contribution in [3.8, 4) is 0 Å². The average molecular weight is 536 g/mol. The molecule has 0 radical (unpaired) electrons. The quantitative estimate of drug-likeness (QED) is 0.334. The standard InChI is InChI=1S/C29H49N3O4S/c1-18(2)15-16-21(5)32(26(34)22(17-37)30-27(35)36-29(9,10)11)24(25(33)31-28(6,7)8)23-19(3)13-12-14-20(23)4/h12-14,18,21-22,24,37H,15-17H2,1-11H3,(H,30,35)(H,31,33). The Morgan fingerprint density at radius 2 is 1.51 bits per heavy atom. The van der Waals surface area contributed by atoms with Gasteiger partial charge in [0.2, 0.25) is 11.8 Å². The third-order valence-electron chi connectivity index (χ3n) is 5.90. The van der Waals surface area contributed by atoms with Crippen LogP contribution >= 0.6 is 12.6 Å². The van der Waals surface area contributed by atoms with Gasteiger partial charge in [-0.25, -0.2) is 4.79 Å². The van der Waals surface area contributed by atoms with E-state index in [0.717, 1.165) is 23.1 Å². The maximum atomic E-state index is 14.2. The molecular formula is C29H49N3O4S. The number of rotatable bonds is 10. The van der Waals surface area contributed by atoms with Gasteiger partial charge in [-0.2, -0.15) is 12.6 Å². The second-order valence-corrected chi connectivity index (χ2v) is 12.8. The van der Waals surface area contributed by atoms with Crippen LogP contribution in [0.2, 0.25) is 0 Å². The zero-order chi connectivity index (χ0) is 28.7. The Morgan fingerprint density at radius 1 is 0.973 bits per heavy atom. The van der Waals surface area contributed by atoms with Crippen LogP contribution in [0.3, 0.4) is 0 Å². The first-order chi connectivity index (χ1) is 16.9. The van der Waals surface area contributed by atoms with Crippen LogP contribution in [-0.4, -0.2) is 51.8 Å². The Balaban J connectivity index is 3.67. The molecule has 2 N–H and O–H groups in total. The van der Waals surface area contributed by atoms with Crippen LogP contribution in [0.1, 0.15) is 97.9 Å². The number of alkyl carbamates (subject to hydrolysis) is 1. The van der Waals surface area contributed by atoms with Gasteiger partial charge in [-0.1, -0.05) is 32.0 Å². The molecule has 0 fully saturated rings. The molecule has 7 nitrogen and oxygen atoms in total. The van der Waals surface area contributed by atoms with E-state index in [-0.39, 0.29) is 23.6 Å². The van der Waals surface area contributed by atoms with Gasteiger partial charge in [0, 0.05) is 17.3 Å². The predicted octanol–water partition coefficient (Wildman–Crippen LogP) is 5.74. The molecule has 0 bridgehead atoms. The zero-order valence-electron chi connectivity index (χ0n) is 24.7. The molecular weight excluding hydrogens is 486 g/mol. The van der Waals surface area contributed by atoms with Crippen molar-refractivity contribution in [2.24, 2.45) is 5.92 Å². The second-order valence-electron chi connectivity index (χ2n) is 12.4. The van der Waals surface area contributed by atoms with Gasteiger partial charge < -0.3 is 20.3 Å². The van der Waals surface area contributed by atoms with Crippen molar-refractivity contribution < 1.29 is 19.1 Å². The molecule has 0 spiro atoms. The Labute approximate surface area is 229 Å². The minimum atomic E-state index is -0.964. The summed E-state index contributed by atoms with van der Waals surface area (Å²) in [5, 5.41) is 5.78. The molecule has 0 heterocycles. The molecule has 3 atom stereocenters. The Hall–Kier alpha value is -2.22. The van der Waals surface area contributed by atoms with E-state index >= 15 is 0 Å². The molecule has 0 saturated heterocycles. The molecule has 0 aliphatic heterocycles. The molecule has 210 valence electrons. The van der Waals surface area contributed by atoms with Crippen LogP contribution in [0, 0.1) is 19.8 Å². The molecule has 0 aromatic heterocycles. The first-order valence-corrected chi connectivity index (χ1v) is 13.8. The fourth-order valence-corrected chi connectivity index (χ4v) is 4.47. The van der Waals surface area contributed by atoms with Gasteiger partial charge in [0.15, 0.2) is 0 Å². The molecule has 0 aliphatic carbocycles. The number of benzene rings is 1. The van der Waals surface area contributed by atoms with E-state index in [1.54, 1.807) is 25.7 Å². The van der Waals surface area contributed by atoms with Crippen LogP contribution in [0.5, 0.6) is 0 Å². The van der Waals surface area contributed by atoms with Crippen molar-refractivity contribution >= 4 is 30.5 Å². The summed E-state index contributed by atoms with van der Waals surface area (Å²) in [4.78, 5) is 42.4. The number of nitrogens with zero attached hydrogens (tertiary/aromatic N) is 1. The molecule has 0 aliphatic rings. The lowest BCUT2D eigenvalue weighted by Crippen LogP contribution is -2.57. The second kappa shape index (κ2) is 13.5. The van der Waals surface area contributed by atoms with Crippen molar-refractivity contribution in [2.75, 3.05) is 5.75 Å². The number of ether oxygens (including phenoxy) is 1. The van der Waals surface area contributed by atoms with Gasteiger partial charge in [0.1, 0.15) is 17.7 Å². The summed E-state index contributed by atoms with van der Waals surface area (Å²) in [5.74, 6) is -0.132. The SMILES string of the molecule is Cc1cccc(C)c1C(C(=O)NC(C)(C)C)N(C(=O)C(CS)NC(=O)OC(C)(C)C)C(C)CCC(C)C. The van der Waals surface area contributed by atoms with E-state index in [1.807, 2.05) is 59.7 Å². The van der Waals surface area contributed by atoms with Crippen molar-refractivity contribution in [1.29, 1.82) is 0 Å². The lowest BCUT2D eigenvalue weighted by molar-refractivity contribution is -0.145. The van der Waals surface area contributed by atoms with Gasteiger partial charge in [0.05, 0.1) is 0 Å². The summed E-state index contributed by atoms with van der Waals surface area (Å²) in [6.07, 6.45) is 0.896. The Morgan fingerprint density at radius 3 is 1.95 bits per heavy atom. The predicted molar refractivity (Wildman–Crippen MR) is 154 cm³/mol. The molecule has 0 saturated carbocycles. The fraction of sp³-hybridized carbons (Fsp3) is 0.690. The van der Waals surface area contributed by atoms with Gasteiger partial charge in [0.25, 0.3) is 0 Å². The van der Waals surface area contributed by atoms with Gasteiger partial charge in [-0.05, 0) is 97.8 Å². The highest BCUT2D eigenvalue weighted by Gasteiger charge is 2.40. The first-order valence-electron chi connectivity index (χ1n) is 13.2. The molecule has 1 aromatic carbocycles. The van der Waals surface area contributed by atoms with Gasteiger partial charge in [-0.3, -0.25) is 9.59 Å². The lowest BCUT2D eigenvalue weighted by Gasteiger charge is -2.40. The maximum absolute atomic E-state index is 14.2. The normalized spacial score (nSPS) is 14.5. The highest BCUT2D eigenvalue weighted by atomic mass is 32.1. The maximum Gasteiger partial charge on any atom is 0.408 e. The number of aryl methyl sites for hydroxylation is 2. The molecule has 3 amide bonds. The van der Waals surface area contributed by atoms with Gasteiger partial charge in [-0.15, -0.1) is 0 Å². The van der Waals surface area contributed by atoms with Crippen molar-refractivity contribution in [1.82, 2.24) is 15.5 Å². The van der Waals surface area contributed by atoms with Gasteiger partial charge >= 0.3 is 6.09 Å². The van der Waals surface area contributed by atoms with Crippen molar-refractivity contribution in [2.45, 2.75) is 118 Å². The minimum Gasteiger partial charge on any atom is -0.444 e. The smallest absolute Gasteiger partial charge is 0.408 e. The number of carbonyl (C=O) groups excluding carboxylic acids is 3. The van der Waals surface area contributed by atoms with E-state index in [1.165, 1.54) is 0 Å². The number of amides is 3. The third-order valence-corrected chi connectivity index (χ3v) is 6.27. The third kappa shape index (κ3) is 10.6. The summed E-state index contributed by atoms with van der Waals surface area (Å²) >= 11 is 4.39. The summed E-state index contributed by atoms with van der Waals surface area (Å²) < 4.78 is 5.40. The Bertz CT molecular complexity index is 914. The van der Waals surface area contributed by atoms with E-state index in [2.05, 4.69) is 37.1 Å². The number of hydrogen-bond acceptors (Lipinski definition) is 5. The topological polar surface area (TPSA) is 87.7 Å². The van der Waals surface area contributed by atoms with Crippen LogP contribution in [0.4, 0.5) is 4.79 Å². The van der Waals surface area contributed by atoms with Crippen LogP contribution < -0.4 is 10.6 Å². The van der Waals surface area contributed by atoms with Crippen LogP contribution in [0.25, 0.3) is 0 Å². The number of hydrogen-bond donors (Lipinski definition) is 3. The summed E-state index contributed by atoms with van der Waals surface area (Å²) in [5.41, 5.74) is 1.42. The minimum absolute atomic E-state index is 0.0613. The monoisotopic (exact) mass is 535 g/mol. The van der Waals surface area contributed by atoms with Crippen LogP contribution in [-0.2, 0) is 14.3 Å². The molecule has 1 rings (SSSR count). The highest BCUT2D eigenvalue weighted by Crippen LogP contribution is 2.32. The summed E-state index contributed by atoms with van der Waals surface area (Å²) in [6, 6.07) is 3.74. The summed E-state index contributed by atoms with van der Waals surface area (Å²) in [7, 11) is 0. The number of thiol groups is 1. The van der Waals surface area contributed by atoms with E-state index in [0.29, 0.717) is 12.3 Å². The molecule has 8 heteroatoms. The average Bonchev–Trinajstić information content (AvgIpc) is 2.72. The molecule has 3 unspecified atom stereocenters. The van der Waals surface area contributed by atoms with Crippen molar-refractivity contribution in [3.05, 3.63) is 34.9 Å². The lowest BCUT2D eigenvalue weighted by atomic mass is 9.91. The van der Waals surface area contributed by atoms with Crippen LogP contribution in [0.15, 0.2) is 18.2 Å². The largest absolute Gasteiger partial charge is 0.444 e. The van der Waals surface area contributed by atoms with Crippen molar-refractivity contribution in [3.63, 3.8) is 0 Å². The fourth-order valence-electron chi connectivity index (χ4n) is 4.22. The number of carbonyl (C=O) groups is 3. The van der Waals surface area contributed by atoms with E-state index in [9.17, 15) is 14.4 Å². The van der Waals surface area contributed by atoms with E-state index in [4.69, 9.17) is 4.74 Å². The zero-order valence-corrected chi connectivity index (χ0v) is 25.6. The van der Waals surface area contributed by atoms with E-state index < -0.39 is 29.3 Å². The number of nitrogens with one attached hydrogen (secondary N) is 2. The highest BCUT2D eigenvalue weighted by molar-refractivity contribution is 7.80. The Kier molecular flexibility index (Phi) is 12.0.